The molecule has 1 aromatic carbocycles. The number of nitrogens with one attached hydrogen (secondary N) is 4. The molecule has 39 heavy (non-hydrogen) atoms. The quantitative estimate of drug-likeness (QED) is 0.140. The number of Topliss-reactive ketones (excluding diaryl/α,β-unsaturated/α-hetero) is 1. The van der Waals surface area contributed by atoms with Crippen molar-refractivity contribution in [3.8, 4) is 0 Å². The average Bonchev–Trinajstić information content (AvgIpc) is 3.34. The Bertz CT molecular complexity index is 1260. The fraction of sp³-hybridized carbons (Fsp3) is 0.536. The number of para-hydroxylation sites is 1. The number of ether oxygens (including phenoxy) is 1. The molecule has 3 saturated heterocycles. The first-order chi connectivity index (χ1) is 18.7. The van der Waals surface area contributed by atoms with Gasteiger partial charge in [0.05, 0.1) is 21.8 Å². The summed E-state index contributed by atoms with van der Waals surface area (Å²) >= 11 is 0. The minimum Gasteiger partial charge on any atom is -0.461 e. The van der Waals surface area contributed by atoms with Crippen LogP contribution in [0, 0.1) is 10.9 Å². The molecule has 0 radical (unpaired) electrons. The van der Waals surface area contributed by atoms with Gasteiger partial charge in [-0.3, -0.25) is 14.4 Å². The molecule has 0 aliphatic carbocycles. The molecule has 208 valence electrons. The van der Waals surface area contributed by atoms with Crippen LogP contribution in [0.5, 0.6) is 0 Å². The van der Waals surface area contributed by atoms with Gasteiger partial charge in [-0.25, -0.2) is 4.79 Å². The number of nitrogens with zero attached hydrogens (tertiary/aromatic N) is 2. The third kappa shape index (κ3) is 6.79. The van der Waals surface area contributed by atoms with Crippen LogP contribution in [0.4, 0.5) is 0 Å². The Labute approximate surface area is 227 Å². The predicted molar refractivity (Wildman–Crippen MR) is 143 cm³/mol. The molecule has 11 heteroatoms. The van der Waals surface area contributed by atoms with E-state index in [9.17, 15) is 19.2 Å². The average molecular weight is 538 g/mol. The van der Waals surface area contributed by atoms with E-state index in [1.165, 1.54) is 0 Å². The molecule has 2 amide bonds. The number of piperidine rings is 3. The van der Waals surface area contributed by atoms with Crippen molar-refractivity contribution in [2.24, 2.45) is 5.41 Å². The predicted octanol–water partition coefficient (Wildman–Crippen LogP) is 1.78. The number of esters is 1. The molecule has 0 spiro atoms. The number of amides is 2. The van der Waals surface area contributed by atoms with E-state index in [1.807, 2.05) is 30.5 Å². The van der Waals surface area contributed by atoms with Crippen LogP contribution in [-0.4, -0.2) is 82.3 Å². The molecule has 0 saturated carbocycles. The van der Waals surface area contributed by atoms with Gasteiger partial charge in [0.1, 0.15) is 12.1 Å². The van der Waals surface area contributed by atoms with Crippen LogP contribution in [0.25, 0.3) is 10.9 Å². The third-order valence-electron chi connectivity index (χ3n) is 7.76. The second kappa shape index (κ2) is 12.4. The zero-order valence-electron chi connectivity index (χ0n) is 22.5. The summed E-state index contributed by atoms with van der Waals surface area (Å²) in [4.78, 5) is 60.7. The summed E-state index contributed by atoms with van der Waals surface area (Å²) in [6, 6.07) is 5.69. The van der Waals surface area contributed by atoms with Crippen molar-refractivity contribution in [1.82, 2.24) is 20.5 Å². The topological polar surface area (TPSA) is 159 Å². The summed E-state index contributed by atoms with van der Waals surface area (Å²) in [5, 5.41) is 6.72. The molecule has 3 aliphatic heterocycles. The summed E-state index contributed by atoms with van der Waals surface area (Å²) in [6.45, 7) is 6.00. The Balaban J connectivity index is 1.56. The van der Waals surface area contributed by atoms with Gasteiger partial charge in [0, 0.05) is 29.9 Å². The minimum absolute atomic E-state index is 0.0182. The summed E-state index contributed by atoms with van der Waals surface area (Å²) in [7, 11) is 0. The lowest BCUT2D eigenvalue weighted by Gasteiger charge is -2.47. The van der Waals surface area contributed by atoms with Gasteiger partial charge in [-0.2, -0.15) is 0 Å². The Hall–Kier alpha value is -3.82. The minimum atomic E-state index is -1.10. The van der Waals surface area contributed by atoms with Crippen molar-refractivity contribution in [1.29, 1.82) is 5.53 Å². The highest BCUT2D eigenvalue weighted by atomic mass is 16.5. The number of hydrogen-bond acceptors (Lipinski definition) is 7. The van der Waals surface area contributed by atoms with E-state index >= 15 is 0 Å². The maximum atomic E-state index is 13.7. The molecule has 4 heterocycles. The maximum Gasteiger partial charge on any atom is 0.372 e. The number of ketones is 1. The zero-order chi connectivity index (χ0) is 28.0. The third-order valence-corrected chi connectivity index (χ3v) is 7.76. The molecule has 5 rings (SSSR count). The standard InChI is InChI=1S/C28H36N6O5/c1-18(2)39-26(37)23(8-7-20(35)17-31-29)32-25(36)24(15-19-16-30-22-6-4-3-5-21(19)22)33-27(38)28-9-12-34(13-10-28)14-11-28/h3-6,16-18,23-24,29-30H,7-15H2,1-2H3,(H-,32,33,36,38)/p+1/t23-,24-/m0/s1. The number of fused-ring (bicyclic) bond motifs is 4. The van der Waals surface area contributed by atoms with E-state index in [4.69, 9.17) is 10.3 Å². The second-order valence-corrected chi connectivity index (χ2v) is 10.8. The summed E-state index contributed by atoms with van der Waals surface area (Å²) in [5.41, 5.74) is 8.13. The van der Waals surface area contributed by atoms with Crippen molar-refractivity contribution in [3.05, 3.63) is 36.0 Å². The van der Waals surface area contributed by atoms with Gasteiger partial charge in [-0.15, -0.1) is 0 Å². The summed E-state index contributed by atoms with van der Waals surface area (Å²) in [6.07, 6.45) is 4.64. The van der Waals surface area contributed by atoms with Crippen LogP contribution in [0.1, 0.15) is 51.5 Å². The first-order valence-electron chi connectivity index (χ1n) is 13.5. The summed E-state index contributed by atoms with van der Waals surface area (Å²) < 4.78 is 5.33. The largest absolute Gasteiger partial charge is 0.461 e. The number of carbonyl (C=O) groups excluding carboxylic acids is 4. The maximum absolute atomic E-state index is 13.7. The van der Waals surface area contributed by atoms with Crippen LogP contribution in [0.2, 0.25) is 0 Å². The molecule has 4 N–H and O–H groups in total. The van der Waals surface area contributed by atoms with Gasteiger partial charge in [0.2, 0.25) is 17.6 Å². The number of benzene rings is 1. The first-order valence-corrected chi connectivity index (χ1v) is 13.5. The van der Waals surface area contributed by atoms with Crippen LogP contribution >= 0.6 is 0 Å². The SMILES string of the molecule is CC(C)OC(=O)[C@H](CCC(=O)C=[N+]=N)NC(=O)[C@H](Cc1c[nH]c2ccccc12)NC(=O)C12CCN(CC1)CC2. The molecule has 1 aromatic heterocycles. The van der Waals surface area contributed by atoms with E-state index in [2.05, 4.69) is 25.3 Å². The highest BCUT2D eigenvalue weighted by molar-refractivity contribution is 6.25. The van der Waals surface area contributed by atoms with Gasteiger partial charge < -0.3 is 25.3 Å². The first kappa shape index (κ1) is 28.2. The second-order valence-electron chi connectivity index (χ2n) is 10.8. The molecule has 3 fully saturated rings. The fourth-order valence-corrected chi connectivity index (χ4v) is 5.47. The highest BCUT2D eigenvalue weighted by Gasteiger charge is 2.46. The molecular formula is C28H37N6O5+. The summed E-state index contributed by atoms with van der Waals surface area (Å²) in [5.74, 6) is -1.76. The number of H-pyrrole nitrogens is 1. The van der Waals surface area contributed by atoms with Gasteiger partial charge in [-0.05, 0) is 70.8 Å². The Morgan fingerprint density at radius 3 is 2.46 bits per heavy atom. The van der Waals surface area contributed by atoms with Gasteiger partial charge in [0.15, 0.2) is 0 Å². The molecule has 2 bridgehead atoms. The molecule has 0 unspecified atom stereocenters. The Morgan fingerprint density at radius 2 is 1.79 bits per heavy atom. The normalized spacial score (nSPS) is 21.6. The number of aromatic amines is 1. The smallest absolute Gasteiger partial charge is 0.372 e. The molecule has 3 aliphatic rings. The van der Waals surface area contributed by atoms with E-state index < -0.39 is 41.3 Å². The lowest BCUT2D eigenvalue weighted by Crippen LogP contribution is -2.59. The monoisotopic (exact) mass is 537 g/mol. The van der Waals surface area contributed by atoms with Crippen molar-refractivity contribution >= 4 is 40.7 Å². The van der Waals surface area contributed by atoms with Crippen LogP contribution in [-0.2, 0) is 30.3 Å². The van der Waals surface area contributed by atoms with Crippen molar-refractivity contribution in [2.75, 3.05) is 19.6 Å². The number of hydrogen-bond donors (Lipinski definition) is 4. The van der Waals surface area contributed by atoms with E-state index in [0.717, 1.165) is 61.6 Å². The Morgan fingerprint density at radius 1 is 1.10 bits per heavy atom. The van der Waals surface area contributed by atoms with Gasteiger partial charge >= 0.3 is 12.2 Å². The van der Waals surface area contributed by atoms with E-state index in [0.29, 0.717) is 0 Å². The molecular weight excluding hydrogens is 500 g/mol. The fourth-order valence-electron chi connectivity index (χ4n) is 5.47. The molecule has 11 nitrogen and oxygen atoms in total. The number of rotatable bonds is 12. The van der Waals surface area contributed by atoms with Crippen molar-refractivity contribution in [3.63, 3.8) is 0 Å². The highest BCUT2D eigenvalue weighted by Crippen LogP contribution is 2.40. The van der Waals surface area contributed by atoms with E-state index in [-0.39, 0.29) is 25.2 Å². The van der Waals surface area contributed by atoms with Crippen molar-refractivity contribution < 1.29 is 28.7 Å². The number of aromatic nitrogens is 1. The zero-order valence-corrected chi connectivity index (χ0v) is 22.5. The Kier molecular flexibility index (Phi) is 8.93. The molecule has 2 aromatic rings. The lowest BCUT2D eigenvalue weighted by molar-refractivity contribution is -0.152. The van der Waals surface area contributed by atoms with Crippen LogP contribution < -0.4 is 10.6 Å². The van der Waals surface area contributed by atoms with Crippen LogP contribution in [0.3, 0.4) is 0 Å². The van der Waals surface area contributed by atoms with Crippen molar-refractivity contribution in [2.45, 2.75) is 70.6 Å². The van der Waals surface area contributed by atoms with Gasteiger partial charge in [0.25, 0.3) is 0 Å². The van der Waals surface area contributed by atoms with Gasteiger partial charge in [-0.1, -0.05) is 18.2 Å². The molecule has 2 atom stereocenters. The van der Waals surface area contributed by atoms with Crippen LogP contribution in [0.15, 0.2) is 30.5 Å². The van der Waals surface area contributed by atoms with E-state index in [1.54, 1.807) is 13.8 Å². The lowest BCUT2D eigenvalue weighted by atomic mass is 9.71. The number of carbonyl (C=O) groups is 4.